The molecule has 1 aliphatic rings. The van der Waals surface area contributed by atoms with Gasteiger partial charge in [-0.2, -0.15) is 0 Å². The van der Waals surface area contributed by atoms with E-state index in [9.17, 15) is 0 Å². The molecule has 1 aliphatic carbocycles. The Bertz CT molecular complexity index is 377. The summed E-state index contributed by atoms with van der Waals surface area (Å²) in [5, 5.41) is 3.72. The molecule has 0 bridgehead atoms. The van der Waals surface area contributed by atoms with Crippen molar-refractivity contribution in [2.45, 2.75) is 71.4 Å². The van der Waals surface area contributed by atoms with Gasteiger partial charge >= 0.3 is 0 Å². The summed E-state index contributed by atoms with van der Waals surface area (Å²) in [6.45, 7) is 10.2. The molecule has 0 spiro atoms. The van der Waals surface area contributed by atoms with E-state index in [0.29, 0.717) is 0 Å². The molecule has 1 fully saturated rings. The van der Waals surface area contributed by atoms with Gasteiger partial charge in [0.2, 0.25) is 0 Å². The van der Waals surface area contributed by atoms with Gasteiger partial charge in [0, 0.05) is 12.6 Å². The third-order valence-electron chi connectivity index (χ3n) is 4.43. The highest BCUT2D eigenvalue weighted by Gasteiger charge is 2.17. The van der Waals surface area contributed by atoms with Gasteiger partial charge in [-0.1, -0.05) is 52.0 Å². The molecule has 0 amide bonds. The predicted molar refractivity (Wildman–Crippen MR) is 83.4 cm³/mol. The van der Waals surface area contributed by atoms with Gasteiger partial charge in [0.15, 0.2) is 0 Å². The van der Waals surface area contributed by atoms with E-state index in [-0.39, 0.29) is 5.41 Å². The zero-order valence-electron chi connectivity index (χ0n) is 13.0. The van der Waals surface area contributed by atoms with Crippen LogP contribution in [0.4, 0.5) is 0 Å². The van der Waals surface area contributed by atoms with Gasteiger partial charge in [-0.05, 0) is 48.1 Å². The lowest BCUT2D eigenvalue weighted by molar-refractivity contribution is 0.306. The first-order valence-corrected chi connectivity index (χ1v) is 7.78. The molecule has 1 heteroatoms. The normalized spacial score (nSPS) is 24.4. The summed E-state index contributed by atoms with van der Waals surface area (Å²) in [4.78, 5) is 0. The van der Waals surface area contributed by atoms with Crippen LogP contribution in [0.2, 0.25) is 0 Å². The minimum absolute atomic E-state index is 0.255. The fraction of sp³-hybridized carbons (Fsp3) is 0.667. The molecule has 1 saturated carbocycles. The SMILES string of the molecule is CC1CCC(NCc2ccc(C(C)(C)C)cc2)CC1. The highest BCUT2D eigenvalue weighted by atomic mass is 14.9. The molecule has 0 saturated heterocycles. The van der Waals surface area contributed by atoms with Crippen molar-refractivity contribution in [1.29, 1.82) is 0 Å². The summed E-state index contributed by atoms with van der Waals surface area (Å²) < 4.78 is 0. The van der Waals surface area contributed by atoms with Crippen molar-refractivity contribution in [1.82, 2.24) is 5.32 Å². The van der Waals surface area contributed by atoms with E-state index >= 15 is 0 Å². The molecule has 0 unspecified atom stereocenters. The molecule has 106 valence electrons. The standard InChI is InChI=1S/C18H29N/c1-14-5-11-17(12-6-14)19-13-15-7-9-16(10-8-15)18(2,3)4/h7-10,14,17,19H,5-6,11-13H2,1-4H3. The Balaban J connectivity index is 1.83. The number of rotatable bonds is 3. The first-order chi connectivity index (χ1) is 8.95. The zero-order chi connectivity index (χ0) is 13.9. The predicted octanol–water partition coefficient (Wildman–Crippen LogP) is 4.65. The van der Waals surface area contributed by atoms with E-state index in [1.165, 1.54) is 36.8 Å². The Morgan fingerprint density at radius 3 is 2.11 bits per heavy atom. The van der Waals surface area contributed by atoms with Crippen molar-refractivity contribution in [3.8, 4) is 0 Å². The van der Waals surface area contributed by atoms with Crippen molar-refractivity contribution in [3.05, 3.63) is 35.4 Å². The quantitative estimate of drug-likeness (QED) is 0.833. The average Bonchev–Trinajstić information content (AvgIpc) is 2.37. The molecule has 0 atom stereocenters. The molecule has 0 radical (unpaired) electrons. The van der Waals surface area contributed by atoms with Crippen LogP contribution in [-0.4, -0.2) is 6.04 Å². The highest BCUT2D eigenvalue weighted by molar-refractivity contribution is 5.27. The molecule has 1 nitrogen and oxygen atoms in total. The Hall–Kier alpha value is -0.820. The van der Waals surface area contributed by atoms with E-state index in [1.807, 2.05) is 0 Å². The monoisotopic (exact) mass is 259 g/mol. The van der Waals surface area contributed by atoms with Crippen LogP contribution < -0.4 is 5.32 Å². The van der Waals surface area contributed by atoms with Crippen molar-refractivity contribution >= 4 is 0 Å². The number of benzene rings is 1. The topological polar surface area (TPSA) is 12.0 Å². The molecular weight excluding hydrogens is 230 g/mol. The molecule has 1 aromatic carbocycles. The van der Waals surface area contributed by atoms with Crippen LogP contribution in [0.15, 0.2) is 24.3 Å². The van der Waals surface area contributed by atoms with Gasteiger partial charge < -0.3 is 5.32 Å². The maximum absolute atomic E-state index is 3.72. The zero-order valence-corrected chi connectivity index (χ0v) is 13.0. The molecule has 0 aliphatic heterocycles. The molecule has 19 heavy (non-hydrogen) atoms. The van der Waals surface area contributed by atoms with Gasteiger partial charge in [-0.25, -0.2) is 0 Å². The minimum atomic E-state index is 0.255. The fourth-order valence-electron chi connectivity index (χ4n) is 2.85. The van der Waals surface area contributed by atoms with E-state index in [0.717, 1.165) is 18.5 Å². The van der Waals surface area contributed by atoms with Crippen LogP contribution in [-0.2, 0) is 12.0 Å². The van der Waals surface area contributed by atoms with E-state index in [1.54, 1.807) is 0 Å². The summed E-state index contributed by atoms with van der Waals surface area (Å²) >= 11 is 0. The molecule has 2 rings (SSSR count). The van der Waals surface area contributed by atoms with Gasteiger partial charge in [0.05, 0.1) is 0 Å². The average molecular weight is 259 g/mol. The highest BCUT2D eigenvalue weighted by Crippen LogP contribution is 2.24. The van der Waals surface area contributed by atoms with Crippen molar-refractivity contribution in [2.75, 3.05) is 0 Å². The van der Waals surface area contributed by atoms with Crippen molar-refractivity contribution < 1.29 is 0 Å². The van der Waals surface area contributed by atoms with Crippen LogP contribution in [0, 0.1) is 5.92 Å². The van der Waals surface area contributed by atoms with Gasteiger partial charge in [0.1, 0.15) is 0 Å². The summed E-state index contributed by atoms with van der Waals surface area (Å²) in [5.74, 6) is 0.934. The van der Waals surface area contributed by atoms with Crippen LogP contribution >= 0.6 is 0 Å². The fourth-order valence-corrected chi connectivity index (χ4v) is 2.85. The maximum atomic E-state index is 3.72. The lowest BCUT2D eigenvalue weighted by atomic mass is 9.86. The number of hydrogen-bond acceptors (Lipinski definition) is 1. The molecule has 0 heterocycles. The van der Waals surface area contributed by atoms with Crippen LogP contribution in [0.5, 0.6) is 0 Å². The Morgan fingerprint density at radius 1 is 1.00 bits per heavy atom. The maximum Gasteiger partial charge on any atom is 0.0208 e. The van der Waals surface area contributed by atoms with Crippen LogP contribution in [0.25, 0.3) is 0 Å². The lowest BCUT2D eigenvalue weighted by Gasteiger charge is -2.27. The summed E-state index contributed by atoms with van der Waals surface area (Å²) in [7, 11) is 0. The smallest absolute Gasteiger partial charge is 0.0208 e. The number of hydrogen-bond donors (Lipinski definition) is 1. The van der Waals surface area contributed by atoms with Crippen molar-refractivity contribution in [3.63, 3.8) is 0 Å². The first-order valence-electron chi connectivity index (χ1n) is 7.78. The second-order valence-electron chi connectivity index (χ2n) is 7.28. The molecule has 1 N–H and O–H groups in total. The minimum Gasteiger partial charge on any atom is -0.310 e. The van der Waals surface area contributed by atoms with E-state index in [4.69, 9.17) is 0 Å². The first kappa shape index (κ1) is 14.6. The van der Waals surface area contributed by atoms with E-state index in [2.05, 4.69) is 57.3 Å². The molecule has 0 aromatic heterocycles. The van der Waals surface area contributed by atoms with Crippen LogP contribution in [0.1, 0.15) is 64.5 Å². The molecular formula is C18H29N. The third kappa shape index (κ3) is 4.35. The Labute approximate surface area is 118 Å². The summed E-state index contributed by atoms with van der Waals surface area (Å²) in [6.07, 6.45) is 5.48. The summed E-state index contributed by atoms with van der Waals surface area (Å²) in [5.41, 5.74) is 3.08. The number of nitrogens with one attached hydrogen (secondary N) is 1. The Morgan fingerprint density at radius 2 is 1.58 bits per heavy atom. The van der Waals surface area contributed by atoms with Gasteiger partial charge in [0.25, 0.3) is 0 Å². The largest absolute Gasteiger partial charge is 0.310 e. The van der Waals surface area contributed by atoms with Crippen molar-refractivity contribution in [2.24, 2.45) is 5.92 Å². The second-order valence-corrected chi connectivity index (χ2v) is 7.28. The second kappa shape index (κ2) is 6.09. The third-order valence-corrected chi connectivity index (χ3v) is 4.43. The molecule has 1 aromatic rings. The van der Waals surface area contributed by atoms with Gasteiger partial charge in [-0.3, -0.25) is 0 Å². The van der Waals surface area contributed by atoms with E-state index < -0.39 is 0 Å². The summed E-state index contributed by atoms with van der Waals surface area (Å²) in [6, 6.07) is 9.84. The van der Waals surface area contributed by atoms with Crippen LogP contribution in [0.3, 0.4) is 0 Å². The lowest BCUT2D eigenvalue weighted by Crippen LogP contribution is -2.32. The Kier molecular flexibility index (Phi) is 4.67. The van der Waals surface area contributed by atoms with Gasteiger partial charge in [-0.15, -0.1) is 0 Å².